The van der Waals surface area contributed by atoms with Gasteiger partial charge in [0, 0.05) is 53.1 Å². The summed E-state index contributed by atoms with van der Waals surface area (Å²) in [6.07, 6.45) is 2.89. The third kappa shape index (κ3) is 9.60. The normalized spacial score (nSPS) is 18.9. The van der Waals surface area contributed by atoms with Crippen LogP contribution in [0.15, 0.2) is 4.99 Å². The van der Waals surface area contributed by atoms with Crippen molar-refractivity contribution < 1.29 is 19.0 Å². The fourth-order valence-corrected chi connectivity index (χ4v) is 2.98. The lowest BCUT2D eigenvalue weighted by Gasteiger charge is -2.40. The molecule has 9 heteroatoms. The van der Waals surface area contributed by atoms with E-state index in [2.05, 4.69) is 15.6 Å². The summed E-state index contributed by atoms with van der Waals surface area (Å²) in [6, 6.07) is 0.202. The number of hydrogen-bond donors (Lipinski definition) is 2. The van der Waals surface area contributed by atoms with Crippen molar-refractivity contribution in [2.45, 2.75) is 51.7 Å². The van der Waals surface area contributed by atoms with Gasteiger partial charge in [0.1, 0.15) is 5.60 Å². The summed E-state index contributed by atoms with van der Waals surface area (Å²) < 4.78 is 16.5. The molecule has 0 saturated carbocycles. The molecule has 164 valence electrons. The van der Waals surface area contributed by atoms with Crippen LogP contribution < -0.4 is 10.6 Å². The van der Waals surface area contributed by atoms with Crippen LogP contribution in [0.3, 0.4) is 0 Å². The number of guanidine groups is 1. The van der Waals surface area contributed by atoms with Crippen LogP contribution in [0.25, 0.3) is 0 Å². The van der Waals surface area contributed by atoms with Gasteiger partial charge in [-0.2, -0.15) is 0 Å². The van der Waals surface area contributed by atoms with Crippen molar-refractivity contribution in [2.24, 2.45) is 10.9 Å². The number of rotatable bonds is 7. The molecule has 2 saturated heterocycles. The van der Waals surface area contributed by atoms with E-state index in [-0.39, 0.29) is 36.1 Å². The first kappa shape index (κ1) is 25.2. The second-order valence-corrected chi connectivity index (χ2v) is 8.21. The average Bonchev–Trinajstić information content (AvgIpc) is 2.58. The smallest absolute Gasteiger partial charge is 0.410 e. The molecule has 2 aliphatic heterocycles. The van der Waals surface area contributed by atoms with E-state index in [1.54, 1.807) is 11.9 Å². The quantitative estimate of drug-likeness (QED) is 0.236. The lowest BCUT2D eigenvalue weighted by Crippen LogP contribution is -2.63. The predicted molar refractivity (Wildman–Crippen MR) is 120 cm³/mol. The van der Waals surface area contributed by atoms with E-state index < -0.39 is 5.60 Å². The first-order valence-corrected chi connectivity index (χ1v) is 9.98. The molecule has 0 aromatic rings. The van der Waals surface area contributed by atoms with Crippen molar-refractivity contribution in [2.75, 3.05) is 53.1 Å². The molecule has 28 heavy (non-hydrogen) atoms. The standard InChI is InChI=1S/C19H36N4O4.HI/c1-19(2,3)27-18(24)23-12-16(13-23)22-17(20-4)21-8-5-9-26-14-15-6-10-25-11-7-15;/h15-16H,5-14H2,1-4H3,(H2,20,21,22);1H. The Morgan fingerprint density at radius 1 is 1.25 bits per heavy atom. The van der Waals surface area contributed by atoms with E-state index >= 15 is 0 Å². The number of carbonyl (C=O) groups is 1. The monoisotopic (exact) mass is 512 g/mol. The number of likely N-dealkylation sites (tertiary alicyclic amines) is 1. The number of halogens is 1. The van der Waals surface area contributed by atoms with Crippen LogP contribution in [0.1, 0.15) is 40.0 Å². The highest BCUT2D eigenvalue weighted by molar-refractivity contribution is 14.0. The van der Waals surface area contributed by atoms with Gasteiger partial charge in [-0.1, -0.05) is 0 Å². The maximum atomic E-state index is 11.9. The topological polar surface area (TPSA) is 84.4 Å². The number of nitrogens with zero attached hydrogens (tertiary/aromatic N) is 2. The molecule has 0 aromatic heterocycles. The lowest BCUT2D eigenvalue weighted by atomic mass is 10.0. The SMILES string of the molecule is CN=C(NCCCOCC1CCOCC1)NC1CN(C(=O)OC(C)(C)C)C1.I. The Morgan fingerprint density at radius 3 is 2.54 bits per heavy atom. The van der Waals surface area contributed by atoms with Crippen LogP contribution in [-0.2, 0) is 14.2 Å². The number of carbonyl (C=O) groups excluding carboxylic acids is 1. The second kappa shape index (κ2) is 12.7. The summed E-state index contributed by atoms with van der Waals surface area (Å²) in [6.45, 7) is 11.0. The lowest BCUT2D eigenvalue weighted by molar-refractivity contribution is 0.00700. The molecule has 0 aliphatic carbocycles. The Morgan fingerprint density at radius 2 is 1.93 bits per heavy atom. The van der Waals surface area contributed by atoms with Gasteiger partial charge in [0.15, 0.2) is 5.96 Å². The van der Waals surface area contributed by atoms with Crippen LogP contribution >= 0.6 is 24.0 Å². The fourth-order valence-electron chi connectivity index (χ4n) is 2.98. The molecule has 1 amide bonds. The van der Waals surface area contributed by atoms with E-state index in [0.717, 1.165) is 58.2 Å². The number of amides is 1. The molecular formula is C19H37IN4O4. The third-order valence-electron chi connectivity index (χ3n) is 4.55. The predicted octanol–water partition coefficient (Wildman–Crippen LogP) is 2.22. The molecule has 8 nitrogen and oxygen atoms in total. The van der Waals surface area contributed by atoms with Crippen molar-refractivity contribution in [3.05, 3.63) is 0 Å². The zero-order valence-corrected chi connectivity index (χ0v) is 20.0. The number of aliphatic imine (C=N–C) groups is 1. The average molecular weight is 512 g/mol. The molecule has 0 radical (unpaired) electrons. The maximum absolute atomic E-state index is 11.9. The van der Waals surface area contributed by atoms with Crippen molar-refractivity contribution in [1.82, 2.24) is 15.5 Å². The van der Waals surface area contributed by atoms with E-state index in [4.69, 9.17) is 14.2 Å². The van der Waals surface area contributed by atoms with Gasteiger partial charge in [-0.25, -0.2) is 4.79 Å². The third-order valence-corrected chi connectivity index (χ3v) is 4.55. The van der Waals surface area contributed by atoms with Gasteiger partial charge >= 0.3 is 6.09 Å². The summed E-state index contributed by atoms with van der Waals surface area (Å²) >= 11 is 0. The summed E-state index contributed by atoms with van der Waals surface area (Å²) in [5, 5.41) is 6.62. The van der Waals surface area contributed by atoms with Gasteiger partial charge in [-0.3, -0.25) is 4.99 Å². The zero-order chi connectivity index (χ0) is 19.7. The maximum Gasteiger partial charge on any atom is 0.410 e. The summed E-state index contributed by atoms with van der Waals surface area (Å²) in [5.41, 5.74) is -0.458. The number of nitrogens with one attached hydrogen (secondary N) is 2. The fraction of sp³-hybridized carbons (Fsp3) is 0.895. The van der Waals surface area contributed by atoms with Gasteiger partial charge in [0.25, 0.3) is 0 Å². The summed E-state index contributed by atoms with van der Waals surface area (Å²) in [5.74, 6) is 1.40. The highest BCUT2D eigenvalue weighted by Gasteiger charge is 2.34. The zero-order valence-electron chi connectivity index (χ0n) is 17.7. The highest BCUT2D eigenvalue weighted by atomic mass is 127. The van der Waals surface area contributed by atoms with Crippen LogP contribution in [0.5, 0.6) is 0 Å². The molecule has 0 aromatic carbocycles. The van der Waals surface area contributed by atoms with Crippen molar-refractivity contribution in [3.63, 3.8) is 0 Å². The molecule has 2 heterocycles. The largest absolute Gasteiger partial charge is 0.444 e. The van der Waals surface area contributed by atoms with Gasteiger partial charge in [0.05, 0.1) is 6.04 Å². The van der Waals surface area contributed by atoms with Gasteiger partial charge in [-0.05, 0) is 46.0 Å². The minimum Gasteiger partial charge on any atom is -0.444 e. The Balaban J connectivity index is 0.00000392. The molecule has 2 fully saturated rings. The summed E-state index contributed by atoms with van der Waals surface area (Å²) in [7, 11) is 1.75. The molecule has 2 aliphatic rings. The summed E-state index contributed by atoms with van der Waals surface area (Å²) in [4.78, 5) is 17.9. The second-order valence-electron chi connectivity index (χ2n) is 8.21. The number of ether oxygens (including phenoxy) is 3. The molecule has 2 N–H and O–H groups in total. The van der Waals surface area contributed by atoms with Crippen molar-refractivity contribution in [3.8, 4) is 0 Å². The molecule has 0 spiro atoms. The van der Waals surface area contributed by atoms with Crippen molar-refractivity contribution >= 4 is 36.0 Å². The van der Waals surface area contributed by atoms with E-state index in [0.29, 0.717) is 19.0 Å². The Kier molecular flexibility index (Phi) is 11.4. The van der Waals surface area contributed by atoms with E-state index in [1.165, 1.54) is 0 Å². The van der Waals surface area contributed by atoms with Crippen LogP contribution in [0.4, 0.5) is 4.79 Å². The Hall–Kier alpha value is -0.810. The van der Waals surface area contributed by atoms with E-state index in [9.17, 15) is 4.79 Å². The molecule has 0 bridgehead atoms. The first-order valence-electron chi connectivity index (χ1n) is 9.98. The van der Waals surface area contributed by atoms with Gasteiger partial charge < -0.3 is 29.7 Å². The Bertz CT molecular complexity index is 487. The van der Waals surface area contributed by atoms with Crippen molar-refractivity contribution in [1.29, 1.82) is 0 Å². The van der Waals surface area contributed by atoms with Crippen LogP contribution in [-0.4, -0.2) is 81.7 Å². The highest BCUT2D eigenvalue weighted by Crippen LogP contribution is 2.15. The molecular weight excluding hydrogens is 475 g/mol. The van der Waals surface area contributed by atoms with E-state index in [1.807, 2.05) is 20.8 Å². The van der Waals surface area contributed by atoms with Crippen LogP contribution in [0.2, 0.25) is 0 Å². The van der Waals surface area contributed by atoms with Gasteiger partial charge in [-0.15, -0.1) is 24.0 Å². The molecule has 2 rings (SSSR count). The van der Waals surface area contributed by atoms with Crippen LogP contribution in [0, 0.1) is 5.92 Å². The molecule has 0 unspecified atom stereocenters. The minimum atomic E-state index is -0.458. The van der Waals surface area contributed by atoms with Gasteiger partial charge in [0.2, 0.25) is 0 Å². The first-order chi connectivity index (χ1) is 12.9. The Labute approximate surface area is 186 Å². The number of hydrogen-bond acceptors (Lipinski definition) is 5. The minimum absolute atomic E-state index is 0. The molecule has 0 atom stereocenters.